The Hall–Kier alpha value is -0.0800. The van der Waals surface area contributed by atoms with E-state index in [1.807, 2.05) is 0 Å². The Morgan fingerprint density at radius 1 is 1.18 bits per heavy atom. The Bertz CT molecular complexity index is 185. The van der Waals surface area contributed by atoms with Crippen LogP contribution in [0.15, 0.2) is 0 Å². The first kappa shape index (κ1) is 15.0. The number of nitrogens with two attached hydrogens (primary N) is 1. The molecule has 0 aliphatic heterocycles. The van der Waals surface area contributed by atoms with Gasteiger partial charge in [-0.25, -0.2) is 0 Å². The second-order valence-corrected chi connectivity index (χ2v) is 6.22. The molecule has 1 unspecified atom stereocenters. The lowest BCUT2D eigenvalue weighted by Crippen LogP contribution is -2.35. The van der Waals surface area contributed by atoms with Gasteiger partial charge in [-0.3, -0.25) is 0 Å². The molecule has 1 fully saturated rings. The first-order valence-electron chi connectivity index (χ1n) is 7.53. The summed E-state index contributed by atoms with van der Waals surface area (Å²) < 4.78 is 0. The lowest BCUT2D eigenvalue weighted by atomic mass is 9.86. The highest BCUT2D eigenvalue weighted by Gasteiger charge is 2.21. The summed E-state index contributed by atoms with van der Waals surface area (Å²) in [6.07, 6.45) is 9.54. The van der Waals surface area contributed by atoms with Crippen molar-refractivity contribution in [1.29, 1.82) is 0 Å². The van der Waals surface area contributed by atoms with Crippen LogP contribution < -0.4 is 5.73 Å². The monoisotopic (exact) mass is 240 g/mol. The molecule has 1 aliphatic carbocycles. The molecule has 0 heterocycles. The van der Waals surface area contributed by atoms with E-state index in [1.165, 1.54) is 51.5 Å². The van der Waals surface area contributed by atoms with Crippen molar-refractivity contribution in [3.8, 4) is 0 Å². The smallest absolute Gasteiger partial charge is 0.00924 e. The SMILES string of the molecule is CC(CCN)CCCN(C)C1CCC(C)CC1. The van der Waals surface area contributed by atoms with Crippen LogP contribution in [0.5, 0.6) is 0 Å². The third-order valence-corrected chi connectivity index (χ3v) is 4.48. The predicted molar refractivity (Wildman–Crippen MR) is 76.1 cm³/mol. The van der Waals surface area contributed by atoms with Gasteiger partial charge in [0.2, 0.25) is 0 Å². The summed E-state index contributed by atoms with van der Waals surface area (Å²) in [4.78, 5) is 2.60. The predicted octanol–water partition coefficient (Wildman–Crippen LogP) is 3.26. The highest BCUT2D eigenvalue weighted by Crippen LogP contribution is 2.26. The second-order valence-electron chi connectivity index (χ2n) is 6.22. The fourth-order valence-electron chi connectivity index (χ4n) is 2.98. The zero-order chi connectivity index (χ0) is 12.7. The molecular formula is C15H32N2. The van der Waals surface area contributed by atoms with Crippen LogP contribution in [0, 0.1) is 11.8 Å². The Kier molecular flexibility index (Phi) is 7.14. The van der Waals surface area contributed by atoms with Gasteiger partial charge < -0.3 is 10.6 Å². The molecule has 2 nitrogen and oxygen atoms in total. The molecule has 0 saturated heterocycles. The summed E-state index contributed by atoms with van der Waals surface area (Å²) in [6.45, 7) is 6.84. The van der Waals surface area contributed by atoms with Gasteiger partial charge in [0.15, 0.2) is 0 Å². The Balaban J connectivity index is 2.10. The highest BCUT2D eigenvalue weighted by atomic mass is 15.1. The van der Waals surface area contributed by atoms with Gasteiger partial charge in [-0.05, 0) is 76.9 Å². The maximum atomic E-state index is 5.58. The summed E-state index contributed by atoms with van der Waals surface area (Å²) >= 11 is 0. The van der Waals surface area contributed by atoms with Crippen LogP contribution in [-0.4, -0.2) is 31.1 Å². The van der Waals surface area contributed by atoms with Crippen molar-refractivity contribution < 1.29 is 0 Å². The van der Waals surface area contributed by atoms with E-state index < -0.39 is 0 Å². The van der Waals surface area contributed by atoms with Crippen molar-refractivity contribution in [1.82, 2.24) is 4.90 Å². The van der Waals surface area contributed by atoms with Crippen LogP contribution in [0.3, 0.4) is 0 Å². The van der Waals surface area contributed by atoms with E-state index in [2.05, 4.69) is 25.8 Å². The van der Waals surface area contributed by atoms with Crippen LogP contribution in [0.2, 0.25) is 0 Å². The van der Waals surface area contributed by atoms with E-state index in [1.54, 1.807) is 0 Å². The van der Waals surface area contributed by atoms with Crippen molar-refractivity contribution in [3.05, 3.63) is 0 Å². The Labute approximate surface area is 108 Å². The molecule has 1 rings (SSSR count). The average Bonchev–Trinajstić information content (AvgIpc) is 2.30. The molecule has 2 N–H and O–H groups in total. The van der Waals surface area contributed by atoms with Crippen molar-refractivity contribution in [2.24, 2.45) is 17.6 Å². The third-order valence-electron chi connectivity index (χ3n) is 4.48. The fourth-order valence-corrected chi connectivity index (χ4v) is 2.98. The molecule has 0 aromatic rings. The first-order chi connectivity index (χ1) is 8.13. The molecule has 1 aliphatic rings. The van der Waals surface area contributed by atoms with Gasteiger partial charge >= 0.3 is 0 Å². The van der Waals surface area contributed by atoms with Gasteiger partial charge in [0.1, 0.15) is 0 Å². The first-order valence-corrected chi connectivity index (χ1v) is 7.53. The summed E-state index contributed by atoms with van der Waals surface area (Å²) in [7, 11) is 2.31. The minimum absolute atomic E-state index is 0.805. The largest absolute Gasteiger partial charge is 0.330 e. The lowest BCUT2D eigenvalue weighted by molar-refractivity contribution is 0.166. The second kappa shape index (κ2) is 8.10. The van der Waals surface area contributed by atoms with E-state index >= 15 is 0 Å². The normalized spacial score (nSPS) is 27.4. The number of hydrogen-bond donors (Lipinski definition) is 1. The van der Waals surface area contributed by atoms with Crippen molar-refractivity contribution in [3.63, 3.8) is 0 Å². The van der Waals surface area contributed by atoms with E-state index in [0.717, 1.165) is 24.4 Å². The molecule has 0 radical (unpaired) electrons. The summed E-state index contributed by atoms with van der Waals surface area (Å²) in [6, 6.07) is 0.857. The van der Waals surface area contributed by atoms with E-state index in [0.29, 0.717) is 0 Å². The third kappa shape index (κ3) is 5.87. The summed E-state index contributed by atoms with van der Waals surface area (Å²) in [5, 5.41) is 0. The maximum Gasteiger partial charge on any atom is 0.00924 e. The van der Waals surface area contributed by atoms with Gasteiger partial charge in [0.05, 0.1) is 0 Å². The fraction of sp³-hybridized carbons (Fsp3) is 1.00. The van der Waals surface area contributed by atoms with Gasteiger partial charge in [-0.1, -0.05) is 13.8 Å². The molecule has 1 saturated carbocycles. The zero-order valence-corrected chi connectivity index (χ0v) is 12.1. The molecule has 1 atom stereocenters. The zero-order valence-electron chi connectivity index (χ0n) is 12.1. The molecule has 2 heteroatoms. The maximum absolute atomic E-state index is 5.58. The van der Waals surface area contributed by atoms with Crippen molar-refractivity contribution >= 4 is 0 Å². The molecule has 0 bridgehead atoms. The summed E-state index contributed by atoms with van der Waals surface area (Å²) in [5.41, 5.74) is 5.58. The Morgan fingerprint density at radius 3 is 2.41 bits per heavy atom. The van der Waals surface area contributed by atoms with Gasteiger partial charge in [0.25, 0.3) is 0 Å². The van der Waals surface area contributed by atoms with Crippen LogP contribution >= 0.6 is 0 Å². The van der Waals surface area contributed by atoms with Crippen LogP contribution in [-0.2, 0) is 0 Å². The molecular weight excluding hydrogens is 208 g/mol. The van der Waals surface area contributed by atoms with Crippen molar-refractivity contribution in [2.75, 3.05) is 20.1 Å². The average molecular weight is 240 g/mol. The number of rotatable bonds is 7. The topological polar surface area (TPSA) is 29.3 Å². The number of nitrogens with zero attached hydrogens (tertiary/aromatic N) is 1. The van der Waals surface area contributed by atoms with Crippen LogP contribution in [0.25, 0.3) is 0 Å². The molecule has 0 aromatic carbocycles. The molecule has 102 valence electrons. The quantitative estimate of drug-likeness (QED) is 0.740. The molecule has 0 amide bonds. The molecule has 17 heavy (non-hydrogen) atoms. The van der Waals surface area contributed by atoms with Gasteiger partial charge in [0, 0.05) is 6.04 Å². The van der Waals surface area contributed by atoms with E-state index in [-0.39, 0.29) is 0 Å². The van der Waals surface area contributed by atoms with Crippen LogP contribution in [0.1, 0.15) is 58.8 Å². The lowest BCUT2D eigenvalue weighted by Gasteiger charge is -2.33. The highest BCUT2D eigenvalue weighted by molar-refractivity contribution is 4.76. The minimum atomic E-state index is 0.805. The van der Waals surface area contributed by atoms with Crippen molar-refractivity contribution in [2.45, 2.75) is 64.8 Å². The standard InChI is InChI=1S/C15H32N2/c1-13(10-11-16)5-4-12-17(3)15-8-6-14(2)7-9-15/h13-15H,4-12,16H2,1-3H3. The van der Waals surface area contributed by atoms with E-state index in [9.17, 15) is 0 Å². The Morgan fingerprint density at radius 2 is 1.82 bits per heavy atom. The van der Waals surface area contributed by atoms with Crippen LogP contribution in [0.4, 0.5) is 0 Å². The van der Waals surface area contributed by atoms with Gasteiger partial charge in [-0.15, -0.1) is 0 Å². The molecule has 0 aromatic heterocycles. The summed E-state index contributed by atoms with van der Waals surface area (Å²) in [5.74, 6) is 1.77. The van der Waals surface area contributed by atoms with Gasteiger partial charge in [-0.2, -0.15) is 0 Å². The minimum Gasteiger partial charge on any atom is -0.330 e. The van der Waals surface area contributed by atoms with E-state index in [4.69, 9.17) is 5.73 Å². The number of hydrogen-bond acceptors (Lipinski definition) is 2. The molecule has 0 spiro atoms.